The normalized spacial score (nSPS) is 14.6. The van der Waals surface area contributed by atoms with Gasteiger partial charge in [0.15, 0.2) is 0 Å². The zero-order valence-electron chi connectivity index (χ0n) is 12.4. The lowest BCUT2D eigenvalue weighted by Crippen LogP contribution is -2.22. The molecule has 2 aromatic heterocycles. The topological polar surface area (TPSA) is 51.0 Å². The lowest BCUT2D eigenvalue weighted by Gasteiger charge is -2.15. The van der Waals surface area contributed by atoms with Gasteiger partial charge in [0.05, 0.1) is 10.9 Å². The van der Waals surface area contributed by atoms with Gasteiger partial charge in [0.1, 0.15) is 0 Å². The van der Waals surface area contributed by atoms with Crippen molar-refractivity contribution in [2.75, 3.05) is 18.0 Å². The van der Waals surface area contributed by atoms with Crippen molar-refractivity contribution in [2.45, 2.75) is 12.8 Å². The smallest absolute Gasteiger partial charge is 0.266 e. The molecule has 6 heteroatoms. The lowest BCUT2D eigenvalue weighted by atomic mass is 10.2. The van der Waals surface area contributed by atoms with Gasteiger partial charge in [-0.05, 0) is 43.2 Å². The first kappa shape index (κ1) is 14.4. The Morgan fingerprint density at radius 1 is 1.04 bits per heavy atom. The third kappa shape index (κ3) is 2.63. The van der Waals surface area contributed by atoms with Crippen LogP contribution in [0.25, 0.3) is 16.6 Å². The minimum Gasteiger partial charge on any atom is -0.341 e. The molecule has 1 fully saturated rings. The Bertz CT molecular complexity index is 914. The van der Waals surface area contributed by atoms with Gasteiger partial charge in [-0.1, -0.05) is 15.9 Å². The number of anilines is 1. The molecule has 1 saturated heterocycles. The highest BCUT2D eigenvalue weighted by molar-refractivity contribution is 9.10. The summed E-state index contributed by atoms with van der Waals surface area (Å²) < 4.78 is 2.60. The zero-order chi connectivity index (χ0) is 15.8. The van der Waals surface area contributed by atoms with Crippen LogP contribution in [0, 0.1) is 0 Å². The van der Waals surface area contributed by atoms with Crippen LogP contribution in [0.5, 0.6) is 0 Å². The molecule has 1 aromatic carbocycles. The minimum atomic E-state index is -0.0993. The molecule has 0 N–H and O–H groups in total. The van der Waals surface area contributed by atoms with Crippen molar-refractivity contribution >= 4 is 32.8 Å². The highest BCUT2D eigenvalue weighted by Gasteiger charge is 2.16. The van der Waals surface area contributed by atoms with E-state index >= 15 is 0 Å². The minimum absolute atomic E-state index is 0.0993. The average molecular weight is 371 g/mol. The first-order chi connectivity index (χ1) is 11.2. The number of nitrogens with zero attached hydrogens (tertiary/aromatic N) is 4. The van der Waals surface area contributed by atoms with Gasteiger partial charge < -0.3 is 4.90 Å². The van der Waals surface area contributed by atoms with Crippen molar-refractivity contribution in [1.29, 1.82) is 0 Å². The summed E-state index contributed by atoms with van der Waals surface area (Å²) in [4.78, 5) is 23.8. The van der Waals surface area contributed by atoms with E-state index in [4.69, 9.17) is 0 Å². The number of halogens is 1. The largest absolute Gasteiger partial charge is 0.341 e. The molecular formula is C17H15BrN4O. The van der Waals surface area contributed by atoms with E-state index < -0.39 is 0 Å². The van der Waals surface area contributed by atoms with Crippen molar-refractivity contribution in [1.82, 2.24) is 14.5 Å². The second-order valence-corrected chi connectivity index (χ2v) is 6.55. The number of hydrogen-bond donors (Lipinski definition) is 0. The molecule has 3 heterocycles. The van der Waals surface area contributed by atoms with Crippen LogP contribution in [-0.4, -0.2) is 27.6 Å². The Morgan fingerprint density at radius 3 is 2.52 bits per heavy atom. The molecule has 0 bridgehead atoms. The summed E-state index contributed by atoms with van der Waals surface area (Å²) in [6.45, 7) is 1.98. The number of rotatable bonds is 2. The van der Waals surface area contributed by atoms with Crippen LogP contribution in [0.15, 0.2) is 52.0 Å². The van der Waals surface area contributed by atoms with E-state index in [1.807, 2.05) is 30.3 Å². The van der Waals surface area contributed by atoms with Crippen LogP contribution in [-0.2, 0) is 0 Å². The van der Waals surface area contributed by atoms with Crippen molar-refractivity contribution in [2.24, 2.45) is 0 Å². The highest BCUT2D eigenvalue weighted by Crippen LogP contribution is 2.18. The molecule has 0 aliphatic carbocycles. The number of fused-ring (bicyclic) bond motifs is 1. The maximum atomic E-state index is 12.7. The lowest BCUT2D eigenvalue weighted by molar-refractivity contribution is 0.904. The van der Waals surface area contributed by atoms with E-state index in [0.29, 0.717) is 10.9 Å². The van der Waals surface area contributed by atoms with Crippen molar-refractivity contribution in [3.63, 3.8) is 0 Å². The number of hydrogen-bond acceptors (Lipinski definition) is 4. The standard InChI is InChI=1S/C17H15BrN4O/c18-12-3-5-13(6-4-12)22-10-7-15-14(16(22)23)11-19-17(20-15)21-8-1-2-9-21/h3-7,10-11H,1-2,8-9H2. The van der Waals surface area contributed by atoms with Gasteiger partial charge in [-0.2, -0.15) is 0 Å². The molecule has 23 heavy (non-hydrogen) atoms. The molecule has 0 atom stereocenters. The third-order valence-corrected chi connectivity index (χ3v) is 4.66. The Kier molecular flexibility index (Phi) is 3.61. The van der Waals surface area contributed by atoms with Crippen molar-refractivity contribution in [3.8, 4) is 5.69 Å². The summed E-state index contributed by atoms with van der Waals surface area (Å²) in [6, 6.07) is 9.51. The molecule has 3 aromatic rings. The monoisotopic (exact) mass is 370 g/mol. The average Bonchev–Trinajstić information content (AvgIpc) is 3.10. The third-order valence-electron chi connectivity index (χ3n) is 4.13. The van der Waals surface area contributed by atoms with Gasteiger partial charge in [-0.3, -0.25) is 9.36 Å². The van der Waals surface area contributed by atoms with E-state index in [0.717, 1.165) is 29.2 Å². The summed E-state index contributed by atoms with van der Waals surface area (Å²) >= 11 is 3.40. The Hall–Kier alpha value is -2.21. The van der Waals surface area contributed by atoms with Crippen LogP contribution in [0.3, 0.4) is 0 Å². The van der Waals surface area contributed by atoms with E-state index in [1.54, 1.807) is 17.0 Å². The molecule has 5 nitrogen and oxygen atoms in total. The summed E-state index contributed by atoms with van der Waals surface area (Å²) in [5.74, 6) is 0.718. The molecule has 0 radical (unpaired) electrons. The van der Waals surface area contributed by atoms with Crippen molar-refractivity contribution < 1.29 is 0 Å². The van der Waals surface area contributed by atoms with Gasteiger partial charge in [-0.15, -0.1) is 0 Å². The first-order valence-corrected chi connectivity index (χ1v) is 8.41. The maximum absolute atomic E-state index is 12.7. The van der Waals surface area contributed by atoms with Gasteiger partial charge in [-0.25, -0.2) is 9.97 Å². The second-order valence-electron chi connectivity index (χ2n) is 5.63. The SMILES string of the molecule is O=c1c2cnc(N3CCCC3)nc2ccn1-c1ccc(Br)cc1. The van der Waals surface area contributed by atoms with Gasteiger partial charge >= 0.3 is 0 Å². The molecule has 0 unspecified atom stereocenters. The van der Waals surface area contributed by atoms with E-state index in [2.05, 4.69) is 30.8 Å². The fourth-order valence-corrected chi connectivity index (χ4v) is 3.16. The molecular weight excluding hydrogens is 356 g/mol. The van der Waals surface area contributed by atoms with Crippen LogP contribution in [0.1, 0.15) is 12.8 Å². The van der Waals surface area contributed by atoms with Crippen molar-refractivity contribution in [3.05, 3.63) is 57.6 Å². The maximum Gasteiger partial charge on any atom is 0.266 e. The molecule has 1 aliphatic heterocycles. The fourth-order valence-electron chi connectivity index (χ4n) is 2.89. The molecule has 0 amide bonds. The number of pyridine rings is 1. The predicted molar refractivity (Wildman–Crippen MR) is 94.3 cm³/mol. The van der Waals surface area contributed by atoms with E-state index in [1.165, 1.54) is 12.8 Å². The molecule has 116 valence electrons. The van der Waals surface area contributed by atoms with E-state index in [9.17, 15) is 4.79 Å². The second kappa shape index (κ2) is 5.77. The van der Waals surface area contributed by atoms with Crippen LogP contribution < -0.4 is 10.5 Å². The van der Waals surface area contributed by atoms with E-state index in [-0.39, 0.29) is 5.56 Å². The Balaban J connectivity index is 1.80. The predicted octanol–water partition coefficient (Wildman–Crippen LogP) is 3.14. The quantitative estimate of drug-likeness (QED) is 0.695. The Morgan fingerprint density at radius 2 is 1.78 bits per heavy atom. The van der Waals surface area contributed by atoms with Gasteiger partial charge in [0.25, 0.3) is 5.56 Å². The summed E-state index contributed by atoms with van der Waals surface area (Å²) in [5, 5.41) is 0.540. The fraction of sp³-hybridized carbons (Fsp3) is 0.235. The zero-order valence-corrected chi connectivity index (χ0v) is 14.0. The highest BCUT2D eigenvalue weighted by atomic mass is 79.9. The summed E-state index contributed by atoms with van der Waals surface area (Å²) in [5.41, 5.74) is 1.42. The Labute approximate surface area is 141 Å². The first-order valence-electron chi connectivity index (χ1n) is 7.62. The number of aromatic nitrogens is 3. The summed E-state index contributed by atoms with van der Waals surface area (Å²) in [7, 11) is 0. The van der Waals surface area contributed by atoms with Crippen LogP contribution in [0.2, 0.25) is 0 Å². The van der Waals surface area contributed by atoms with Crippen LogP contribution in [0.4, 0.5) is 5.95 Å². The van der Waals surface area contributed by atoms with Gasteiger partial charge in [0, 0.05) is 35.6 Å². The molecule has 0 spiro atoms. The number of benzene rings is 1. The molecule has 0 saturated carbocycles. The molecule has 4 rings (SSSR count). The van der Waals surface area contributed by atoms with Crippen LogP contribution >= 0.6 is 15.9 Å². The molecule has 1 aliphatic rings. The van der Waals surface area contributed by atoms with Gasteiger partial charge in [0.2, 0.25) is 5.95 Å². The summed E-state index contributed by atoms with van der Waals surface area (Å²) in [6.07, 6.45) is 5.77.